The van der Waals surface area contributed by atoms with Gasteiger partial charge in [0.05, 0.1) is 6.54 Å². The van der Waals surface area contributed by atoms with E-state index in [2.05, 4.69) is 20.5 Å². The maximum atomic E-state index is 13.5. The van der Waals surface area contributed by atoms with Crippen LogP contribution in [0.25, 0.3) is 23.0 Å². The van der Waals surface area contributed by atoms with E-state index >= 15 is 0 Å². The van der Waals surface area contributed by atoms with Crippen LogP contribution in [0, 0.1) is 11.6 Å². The molecular weight excluding hydrogens is 394 g/mol. The molecule has 5 rings (SSSR count). The Morgan fingerprint density at radius 2 is 1.80 bits per heavy atom. The molecule has 1 aliphatic rings. The van der Waals surface area contributed by atoms with Gasteiger partial charge in [-0.1, -0.05) is 40.7 Å². The zero-order valence-corrected chi connectivity index (χ0v) is 15.5. The standard InChI is InChI=1S/C20H14F2N6O2/c21-14-8-12(9-15(22)10-14)11-27-6-7-28-17(20(27)29)16(24-26-28)19-23-18(25-30-19)13-4-2-1-3-5-13/h1-5,8-10H,6-7,11H2. The van der Waals surface area contributed by atoms with Gasteiger partial charge in [-0.25, -0.2) is 13.5 Å². The van der Waals surface area contributed by atoms with Gasteiger partial charge in [0.1, 0.15) is 11.6 Å². The van der Waals surface area contributed by atoms with E-state index in [1.165, 1.54) is 21.7 Å². The molecule has 0 bridgehead atoms. The molecule has 0 unspecified atom stereocenters. The van der Waals surface area contributed by atoms with Gasteiger partial charge in [0.15, 0.2) is 11.4 Å². The van der Waals surface area contributed by atoms with Gasteiger partial charge in [0.25, 0.3) is 11.8 Å². The second-order valence-corrected chi connectivity index (χ2v) is 6.80. The number of hydrogen-bond donors (Lipinski definition) is 0. The zero-order valence-electron chi connectivity index (χ0n) is 15.5. The number of carbonyl (C=O) groups excluding carboxylic acids is 1. The third-order valence-corrected chi connectivity index (χ3v) is 4.76. The fourth-order valence-corrected chi connectivity index (χ4v) is 3.39. The van der Waals surface area contributed by atoms with Crippen molar-refractivity contribution in [2.24, 2.45) is 0 Å². The summed E-state index contributed by atoms with van der Waals surface area (Å²) in [7, 11) is 0. The van der Waals surface area contributed by atoms with Gasteiger partial charge in [-0.05, 0) is 17.7 Å². The van der Waals surface area contributed by atoms with Gasteiger partial charge in [0.2, 0.25) is 5.82 Å². The second kappa shape index (κ2) is 7.14. The fraction of sp³-hybridized carbons (Fsp3) is 0.150. The minimum Gasteiger partial charge on any atom is -0.332 e. The molecule has 0 fully saturated rings. The minimum absolute atomic E-state index is 0.0528. The Labute approximate surface area is 168 Å². The quantitative estimate of drug-likeness (QED) is 0.516. The van der Waals surface area contributed by atoms with Gasteiger partial charge in [-0.2, -0.15) is 4.98 Å². The highest BCUT2D eigenvalue weighted by Crippen LogP contribution is 2.26. The molecule has 30 heavy (non-hydrogen) atoms. The summed E-state index contributed by atoms with van der Waals surface area (Å²) >= 11 is 0. The van der Waals surface area contributed by atoms with Crippen molar-refractivity contribution in [2.45, 2.75) is 13.1 Å². The van der Waals surface area contributed by atoms with Crippen LogP contribution >= 0.6 is 0 Å². The molecule has 1 amide bonds. The Hall–Kier alpha value is -3.95. The number of hydrogen-bond acceptors (Lipinski definition) is 6. The van der Waals surface area contributed by atoms with Gasteiger partial charge < -0.3 is 9.42 Å². The SMILES string of the molecule is O=C1c2c(-c3nc(-c4ccccc4)no3)nnn2CCN1Cc1cc(F)cc(F)c1. The lowest BCUT2D eigenvalue weighted by Crippen LogP contribution is -2.40. The largest absolute Gasteiger partial charge is 0.332 e. The normalized spacial score (nSPS) is 13.5. The molecule has 150 valence electrons. The number of aromatic nitrogens is 5. The van der Waals surface area contributed by atoms with E-state index in [0.29, 0.717) is 24.5 Å². The first-order valence-electron chi connectivity index (χ1n) is 9.16. The first-order valence-corrected chi connectivity index (χ1v) is 9.16. The second-order valence-electron chi connectivity index (χ2n) is 6.80. The molecule has 0 radical (unpaired) electrons. The van der Waals surface area contributed by atoms with Crippen molar-refractivity contribution in [3.05, 3.63) is 71.4 Å². The molecule has 8 nitrogen and oxygen atoms in total. The summed E-state index contributed by atoms with van der Waals surface area (Å²) in [6.07, 6.45) is 0. The van der Waals surface area contributed by atoms with E-state index < -0.39 is 11.6 Å². The molecular formula is C20H14F2N6O2. The molecule has 0 N–H and O–H groups in total. The number of benzene rings is 2. The maximum Gasteiger partial charge on any atom is 0.281 e. The van der Waals surface area contributed by atoms with Crippen molar-refractivity contribution in [2.75, 3.05) is 6.54 Å². The topological polar surface area (TPSA) is 89.9 Å². The molecule has 2 aromatic heterocycles. The Morgan fingerprint density at radius 3 is 2.57 bits per heavy atom. The Morgan fingerprint density at radius 1 is 1.03 bits per heavy atom. The van der Waals surface area contributed by atoms with Gasteiger partial charge in [-0.3, -0.25) is 4.79 Å². The molecule has 0 spiro atoms. The molecule has 0 saturated heterocycles. The first-order chi connectivity index (χ1) is 14.6. The zero-order chi connectivity index (χ0) is 20.7. The highest BCUT2D eigenvalue weighted by molar-refractivity contribution is 5.98. The first kappa shape index (κ1) is 18.1. The summed E-state index contributed by atoms with van der Waals surface area (Å²) < 4.78 is 33.8. The molecule has 3 heterocycles. The van der Waals surface area contributed by atoms with Crippen LogP contribution in [0.4, 0.5) is 8.78 Å². The Kier molecular flexibility index (Phi) is 4.31. The summed E-state index contributed by atoms with van der Waals surface area (Å²) in [5.74, 6) is -1.34. The van der Waals surface area contributed by atoms with Crippen LogP contribution in [-0.2, 0) is 13.1 Å². The maximum absolute atomic E-state index is 13.5. The van der Waals surface area contributed by atoms with Crippen LogP contribution in [0.1, 0.15) is 16.1 Å². The summed E-state index contributed by atoms with van der Waals surface area (Å²) in [6, 6.07) is 12.4. The summed E-state index contributed by atoms with van der Waals surface area (Å²) in [5, 5.41) is 12.0. The lowest BCUT2D eigenvalue weighted by Gasteiger charge is -2.27. The molecule has 10 heteroatoms. The van der Waals surface area contributed by atoms with E-state index in [0.717, 1.165) is 11.6 Å². The van der Waals surface area contributed by atoms with E-state index in [9.17, 15) is 13.6 Å². The van der Waals surface area contributed by atoms with Crippen LogP contribution in [0.5, 0.6) is 0 Å². The van der Waals surface area contributed by atoms with Crippen molar-refractivity contribution in [1.29, 1.82) is 0 Å². The predicted octanol–water partition coefficient (Wildman–Crippen LogP) is 2.93. The van der Waals surface area contributed by atoms with Gasteiger partial charge >= 0.3 is 0 Å². The average molecular weight is 408 g/mol. The third kappa shape index (κ3) is 3.21. The fourth-order valence-electron chi connectivity index (χ4n) is 3.39. The summed E-state index contributed by atoms with van der Waals surface area (Å²) in [4.78, 5) is 18.9. The molecule has 0 aliphatic carbocycles. The van der Waals surface area contributed by atoms with E-state index in [1.54, 1.807) is 0 Å². The lowest BCUT2D eigenvalue weighted by molar-refractivity contribution is 0.0683. The van der Waals surface area contributed by atoms with Crippen molar-refractivity contribution >= 4 is 5.91 Å². The number of amides is 1. The van der Waals surface area contributed by atoms with Gasteiger partial charge in [0, 0.05) is 24.7 Å². The Balaban J connectivity index is 1.45. The van der Waals surface area contributed by atoms with E-state index in [-0.39, 0.29) is 29.7 Å². The number of nitrogens with zero attached hydrogens (tertiary/aromatic N) is 6. The lowest BCUT2D eigenvalue weighted by atomic mass is 10.1. The summed E-state index contributed by atoms with van der Waals surface area (Å²) in [5.41, 5.74) is 1.48. The molecule has 0 atom stereocenters. The minimum atomic E-state index is -0.693. The number of rotatable bonds is 4. The van der Waals surface area contributed by atoms with Crippen LogP contribution in [0.15, 0.2) is 53.1 Å². The molecule has 1 aliphatic heterocycles. The van der Waals surface area contributed by atoms with Crippen LogP contribution in [0.2, 0.25) is 0 Å². The summed E-state index contributed by atoms with van der Waals surface area (Å²) in [6.45, 7) is 0.759. The Bertz CT molecular complexity index is 1220. The number of carbonyl (C=O) groups is 1. The van der Waals surface area contributed by atoms with Crippen LogP contribution in [0.3, 0.4) is 0 Å². The monoisotopic (exact) mass is 408 g/mol. The van der Waals surface area contributed by atoms with E-state index in [4.69, 9.17) is 4.52 Å². The average Bonchev–Trinajstić information content (AvgIpc) is 3.37. The van der Waals surface area contributed by atoms with Crippen LogP contribution in [-0.4, -0.2) is 42.5 Å². The van der Waals surface area contributed by atoms with Crippen molar-refractivity contribution < 1.29 is 18.1 Å². The molecule has 0 saturated carbocycles. The number of halogens is 2. The predicted molar refractivity (Wildman–Crippen MR) is 99.8 cm³/mol. The highest BCUT2D eigenvalue weighted by atomic mass is 19.1. The third-order valence-electron chi connectivity index (χ3n) is 4.76. The number of fused-ring (bicyclic) bond motifs is 1. The highest BCUT2D eigenvalue weighted by Gasteiger charge is 2.32. The van der Waals surface area contributed by atoms with Crippen LogP contribution < -0.4 is 0 Å². The van der Waals surface area contributed by atoms with Crippen molar-refractivity contribution in [3.63, 3.8) is 0 Å². The van der Waals surface area contributed by atoms with Crippen molar-refractivity contribution in [1.82, 2.24) is 30.0 Å². The molecule has 4 aromatic rings. The van der Waals surface area contributed by atoms with E-state index in [1.807, 2.05) is 30.3 Å². The molecule has 2 aromatic carbocycles. The van der Waals surface area contributed by atoms with Crippen molar-refractivity contribution in [3.8, 4) is 23.0 Å². The van der Waals surface area contributed by atoms with Gasteiger partial charge in [-0.15, -0.1) is 5.10 Å². The smallest absolute Gasteiger partial charge is 0.281 e.